The lowest BCUT2D eigenvalue weighted by atomic mass is 9.95. The number of hydrogen-bond donors (Lipinski definition) is 1. The van der Waals surface area contributed by atoms with Gasteiger partial charge in [0.15, 0.2) is 0 Å². The van der Waals surface area contributed by atoms with Gasteiger partial charge in [-0.15, -0.1) is 0 Å². The summed E-state index contributed by atoms with van der Waals surface area (Å²) in [4.78, 5) is 23.2. The Kier molecular flexibility index (Phi) is 2.68. The van der Waals surface area contributed by atoms with Crippen LogP contribution in [0.4, 0.5) is 4.79 Å². The first-order chi connectivity index (χ1) is 7.37. The molecule has 0 aromatic carbocycles. The third-order valence-corrected chi connectivity index (χ3v) is 3.32. The van der Waals surface area contributed by atoms with Gasteiger partial charge in [-0.05, 0) is 40.0 Å². The average Bonchev–Trinajstić information content (AvgIpc) is 2.57. The molecule has 0 aliphatic heterocycles. The predicted molar refractivity (Wildman–Crippen MR) is 59.0 cm³/mol. The normalized spacial score (nSPS) is 32.9. The van der Waals surface area contributed by atoms with Crippen LogP contribution in [-0.4, -0.2) is 23.5 Å². The topological polar surface area (TPSA) is 55.4 Å². The molecule has 4 nitrogen and oxygen atoms in total. The Labute approximate surface area is 95.7 Å². The van der Waals surface area contributed by atoms with Crippen molar-refractivity contribution >= 4 is 11.9 Å². The maximum Gasteiger partial charge on any atom is 0.407 e. The molecule has 2 saturated carbocycles. The van der Waals surface area contributed by atoms with Crippen LogP contribution < -0.4 is 5.32 Å². The Hall–Kier alpha value is -1.06. The summed E-state index contributed by atoms with van der Waals surface area (Å²) in [5.41, 5.74) is -0.480. The van der Waals surface area contributed by atoms with E-state index in [0.717, 1.165) is 19.3 Å². The number of carbonyl (C=O) groups excluding carboxylic acids is 2. The highest BCUT2D eigenvalue weighted by atomic mass is 16.6. The van der Waals surface area contributed by atoms with Crippen molar-refractivity contribution in [2.24, 2.45) is 11.8 Å². The quantitative estimate of drug-likeness (QED) is 0.741. The van der Waals surface area contributed by atoms with E-state index in [9.17, 15) is 9.59 Å². The highest BCUT2D eigenvalue weighted by Crippen LogP contribution is 2.41. The second kappa shape index (κ2) is 3.75. The van der Waals surface area contributed by atoms with Crippen LogP contribution in [0.1, 0.15) is 40.0 Å². The monoisotopic (exact) mass is 225 g/mol. The fourth-order valence-electron chi connectivity index (χ4n) is 2.69. The number of amides is 1. The molecular formula is C12H19NO3. The number of rotatable bonds is 1. The van der Waals surface area contributed by atoms with E-state index in [4.69, 9.17) is 4.74 Å². The molecule has 4 heteroatoms. The van der Waals surface area contributed by atoms with Crippen molar-refractivity contribution < 1.29 is 14.3 Å². The van der Waals surface area contributed by atoms with Crippen molar-refractivity contribution in [1.82, 2.24) is 5.32 Å². The highest BCUT2D eigenvalue weighted by molar-refractivity contribution is 5.89. The van der Waals surface area contributed by atoms with Gasteiger partial charge in [-0.1, -0.05) is 0 Å². The van der Waals surface area contributed by atoms with Gasteiger partial charge in [-0.2, -0.15) is 0 Å². The van der Waals surface area contributed by atoms with Crippen LogP contribution in [0.25, 0.3) is 0 Å². The van der Waals surface area contributed by atoms with E-state index in [1.54, 1.807) is 0 Å². The van der Waals surface area contributed by atoms with Gasteiger partial charge in [0.2, 0.25) is 0 Å². The minimum Gasteiger partial charge on any atom is -0.444 e. The van der Waals surface area contributed by atoms with Gasteiger partial charge in [0.1, 0.15) is 11.4 Å². The minimum absolute atomic E-state index is 0.00102. The van der Waals surface area contributed by atoms with E-state index in [1.807, 2.05) is 20.8 Å². The second-order valence-corrected chi connectivity index (χ2v) is 5.77. The molecule has 16 heavy (non-hydrogen) atoms. The standard InChI is InChI=1S/C12H19NO3/c1-12(2,3)16-11(15)13-9-6-7-4-5-8(9)10(7)14/h7-9H,4-6H2,1-3H3,(H,13,15)/t7-,8-,9+/m1/s1. The molecule has 1 amide bonds. The van der Waals surface area contributed by atoms with E-state index in [1.165, 1.54) is 0 Å². The van der Waals surface area contributed by atoms with E-state index >= 15 is 0 Å². The van der Waals surface area contributed by atoms with Gasteiger partial charge < -0.3 is 10.1 Å². The highest BCUT2D eigenvalue weighted by Gasteiger charge is 2.47. The molecule has 2 aliphatic rings. The van der Waals surface area contributed by atoms with Crippen molar-refractivity contribution in [1.29, 1.82) is 0 Å². The number of hydrogen-bond acceptors (Lipinski definition) is 3. The summed E-state index contributed by atoms with van der Waals surface area (Å²) in [5, 5.41) is 2.82. The Morgan fingerprint density at radius 1 is 1.38 bits per heavy atom. The average molecular weight is 225 g/mol. The molecule has 3 atom stereocenters. The molecule has 0 heterocycles. The number of alkyl carbamates (subject to hydrolysis) is 1. The third-order valence-electron chi connectivity index (χ3n) is 3.32. The Balaban J connectivity index is 1.88. The molecule has 0 aromatic rings. The molecule has 0 radical (unpaired) electrons. The molecule has 0 spiro atoms. The zero-order valence-electron chi connectivity index (χ0n) is 10.1. The number of fused-ring (bicyclic) bond motifs is 2. The fourth-order valence-corrected chi connectivity index (χ4v) is 2.69. The number of carbonyl (C=O) groups is 2. The van der Waals surface area contributed by atoms with Crippen molar-refractivity contribution in [2.75, 3.05) is 0 Å². The zero-order chi connectivity index (χ0) is 11.9. The van der Waals surface area contributed by atoms with E-state index in [-0.39, 0.29) is 17.9 Å². The van der Waals surface area contributed by atoms with Gasteiger partial charge in [-0.3, -0.25) is 4.79 Å². The maximum absolute atomic E-state index is 11.7. The lowest BCUT2D eigenvalue weighted by molar-refractivity contribution is -0.121. The lowest BCUT2D eigenvalue weighted by Crippen LogP contribution is -2.42. The minimum atomic E-state index is -0.480. The zero-order valence-corrected chi connectivity index (χ0v) is 10.1. The Bertz CT molecular complexity index is 319. The van der Waals surface area contributed by atoms with Crippen molar-refractivity contribution in [3.8, 4) is 0 Å². The lowest BCUT2D eigenvalue weighted by Gasteiger charge is -2.25. The SMILES string of the molecule is CC(C)(C)OC(=O)N[C@H]1C[C@H]2CC[C@H]1C2=O. The van der Waals surface area contributed by atoms with Gasteiger partial charge in [0.25, 0.3) is 0 Å². The summed E-state index contributed by atoms with van der Waals surface area (Å²) in [6, 6.07) is 0.00102. The van der Waals surface area contributed by atoms with E-state index < -0.39 is 11.7 Å². The van der Waals surface area contributed by atoms with Crippen LogP contribution in [-0.2, 0) is 9.53 Å². The first kappa shape index (κ1) is 11.4. The van der Waals surface area contributed by atoms with Crippen LogP contribution in [0, 0.1) is 11.8 Å². The summed E-state index contributed by atoms with van der Waals surface area (Å²) >= 11 is 0. The van der Waals surface area contributed by atoms with Crippen LogP contribution in [0.3, 0.4) is 0 Å². The molecule has 0 unspecified atom stereocenters. The van der Waals surface area contributed by atoms with Gasteiger partial charge in [0.05, 0.1) is 0 Å². The van der Waals surface area contributed by atoms with Crippen molar-refractivity contribution in [2.45, 2.75) is 51.7 Å². The summed E-state index contributed by atoms with van der Waals surface area (Å²) < 4.78 is 5.18. The number of nitrogens with one attached hydrogen (secondary N) is 1. The summed E-state index contributed by atoms with van der Waals surface area (Å²) in [6.07, 6.45) is 2.31. The summed E-state index contributed by atoms with van der Waals surface area (Å²) in [7, 11) is 0. The maximum atomic E-state index is 11.7. The largest absolute Gasteiger partial charge is 0.444 e. The second-order valence-electron chi connectivity index (χ2n) is 5.77. The van der Waals surface area contributed by atoms with Crippen LogP contribution in [0.15, 0.2) is 0 Å². The van der Waals surface area contributed by atoms with Gasteiger partial charge in [0, 0.05) is 17.9 Å². The summed E-state index contributed by atoms with van der Waals surface area (Å²) in [6.45, 7) is 5.50. The molecule has 2 fully saturated rings. The van der Waals surface area contributed by atoms with E-state index in [2.05, 4.69) is 5.32 Å². The molecule has 90 valence electrons. The molecular weight excluding hydrogens is 206 g/mol. The van der Waals surface area contributed by atoms with Gasteiger partial charge in [-0.25, -0.2) is 4.79 Å². The molecule has 2 rings (SSSR count). The molecule has 0 saturated heterocycles. The molecule has 0 aromatic heterocycles. The molecule has 1 N–H and O–H groups in total. The van der Waals surface area contributed by atoms with Crippen LogP contribution >= 0.6 is 0 Å². The van der Waals surface area contributed by atoms with E-state index in [0.29, 0.717) is 5.78 Å². The fraction of sp³-hybridized carbons (Fsp3) is 0.833. The molecule has 2 bridgehead atoms. The molecule has 2 aliphatic carbocycles. The third kappa shape index (κ3) is 2.20. The first-order valence-electron chi connectivity index (χ1n) is 5.90. The smallest absolute Gasteiger partial charge is 0.407 e. The Morgan fingerprint density at radius 2 is 2.06 bits per heavy atom. The number of ketones is 1. The van der Waals surface area contributed by atoms with Crippen molar-refractivity contribution in [3.05, 3.63) is 0 Å². The van der Waals surface area contributed by atoms with Crippen LogP contribution in [0.5, 0.6) is 0 Å². The first-order valence-corrected chi connectivity index (χ1v) is 5.90. The summed E-state index contributed by atoms with van der Waals surface area (Å²) in [5.74, 6) is 0.559. The predicted octanol–water partition coefficient (Wildman–Crippen LogP) is 1.88. The van der Waals surface area contributed by atoms with Crippen molar-refractivity contribution in [3.63, 3.8) is 0 Å². The number of Topliss-reactive ketones (excluding diaryl/α,β-unsaturated/α-hetero) is 1. The van der Waals surface area contributed by atoms with Gasteiger partial charge >= 0.3 is 6.09 Å². The number of ether oxygens (including phenoxy) is 1. The Morgan fingerprint density at radius 3 is 2.50 bits per heavy atom. The van der Waals surface area contributed by atoms with Crippen LogP contribution in [0.2, 0.25) is 0 Å².